The molecule has 1 fully saturated rings. The van der Waals surface area contributed by atoms with E-state index in [0.29, 0.717) is 17.1 Å². The molecule has 0 spiro atoms. The summed E-state index contributed by atoms with van der Waals surface area (Å²) in [7, 11) is 1.49. The minimum atomic E-state index is -0.371. The molecule has 0 bridgehead atoms. The Kier molecular flexibility index (Phi) is 5.81. The van der Waals surface area contributed by atoms with Crippen LogP contribution in [0.1, 0.15) is 49.4 Å². The summed E-state index contributed by atoms with van der Waals surface area (Å²) < 4.78 is 16.0. The summed E-state index contributed by atoms with van der Waals surface area (Å²) in [4.78, 5) is 23.2. The molecule has 5 nitrogen and oxygen atoms in total. The largest absolute Gasteiger partial charge is 0.493 e. The van der Waals surface area contributed by atoms with Crippen LogP contribution in [0.25, 0.3) is 0 Å². The van der Waals surface area contributed by atoms with E-state index in [4.69, 9.17) is 14.2 Å². The van der Waals surface area contributed by atoms with Gasteiger partial charge in [-0.1, -0.05) is 6.42 Å². The predicted octanol–water partition coefficient (Wildman–Crippen LogP) is 3.15. The highest BCUT2D eigenvalue weighted by molar-refractivity contribution is 5.94. The van der Waals surface area contributed by atoms with Crippen LogP contribution >= 0.6 is 0 Å². The van der Waals surface area contributed by atoms with Crippen LogP contribution in [0.4, 0.5) is 0 Å². The molecular weight excluding hydrogens is 284 g/mol. The van der Waals surface area contributed by atoms with Crippen LogP contribution in [0.3, 0.4) is 0 Å². The Morgan fingerprint density at radius 2 is 1.86 bits per heavy atom. The normalized spacial score (nSPS) is 15.2. The monoisotopic (exact) mass is 306 g/mol. The lowest BCUT2D eigenvalue weighted by atomic mass is 9.98. The van der Waals surface area contributed by atoms with Gasteiger partial charge in [0.25, 0.3) is 0 Å². The van der Waals surface area contributed by atoms with Crippen molar-refractivity contribution in [1.29, 1.82) is 0 Å². The van der Waals surface area contributed by atoms with E-state index in [2.05, 4.69) is 0 Å². The summed E-state index contributed by atoms with van der Waals surface area (Å²) in [6.07, 6.45) is 5.32. The third-order valence-electron chi connectivity index (χ3n) is 3.77. The zero-order chi connectivity index (χ0) is 15.9. The van der Waals surface area contributed by atoms with Crippen LogP contribution in [0.15, 0.2) is 18.2 Å². The standard InChI is InChI=1S/C17H22O5/c1-12(18)13-8-9-15(16(10-13)20-2)21-11-17(19)22-14-6-4-3-5-7-14/h8-10,14H,3-7,11H2,1-2H3. The van der Waals surface area contributed by atoms with Gasteiger partial charge in [-0.3, -0.25) is 4.79 Å². The number of methoxy groups -OCH3 is 1. The van der Waals surface area contributed by atoms with Gasteiger partial charge in [0.15, 0.2) is 23.9 Å². The average Bonchev–Trinajstić information content (AvgIpc) is 2.53. The minimum Gasteiger partial charge on any atom is -0.493 e. The zero-order valence-corrected chi connectivity index (χ0v) is 13.1. The lowest BCUT2D eigenvalue weighted by Crippen LogP contribution is -2.24. The maximum Gasteiger partial charge on any atom is 0.344 e. The second-order valence-electron chi connectivity index (χ2n) is 5.46. The first kappa shape index (κ1) is 16.3. The van der Waals surface area contributed by atoms with E-state index in [0.717, 1.165) is 25.7 Å². The van der Waals surface area contributed by atoms with E-state index in [1.165, 1.54) is 20.5 Å². The summed E-state index contributed by atoms with van der Waals surface area (Å²) in [5, 5.41) is 0. The van der Waals surface area contributed by atoms with Crippen molar-refractivity contribution < 1.29 is 23.8 Å². The number of carbonyl (C=O) groups is 2. The number of carbonyl (C=O) groups excluding carboxylic acids is 2. The fraction of sp³-hybridized carbons (Fsp3) is 0.529. The first-order chi connectivity index (χ1) is 10.6. The van der Waals surface area contributed by atoms with Gasteiger partial charge >= 0.3 is 5.97 Å². The van der Waals surface area contributed by atoms with Gasteiger partial charge in [-0.2, -0.15) is 0 Å². The Bertz CT molecular complexity index is 532. The van der Waals surface area contributed by atoms with E-state index in [1.54, 1.807) is 18.2 Å². The molecule has 0 radical (unpaired) electrons. The molecule has 1 aromatic rings. The molecule has 0 heterocycles. The van der Waals surface area contributed by atoms with Crippen molar-refractivity contribution in [2.24, 2.45) is 0 Å². The number of hydrogen-bond donors (Lipinski definition) is 0. The SMILES string of the molecule is COc1cc(C(C)=O)ccc1OCC(=O)OC1CCCCC1. The topological polar surface area (TPSA) is 61.8 Å². The van der Waals surface area contributed by atoms with Crippen molar-refractivity contribution in [3.63, 3.8) is 0 Å². The van der Waals surface area contributed by atoms with Gasteiger partial charge in [0.1, 0.15) is 6.10 Å². The molecule has 0 saturated heterocycles. The molecule has 0 N–H and O–H groups in total. The van der Waals surface area contributed by atoms with Crippen LogP contribution in [0.2, 0.25) is 0 Å². The smallest absolute Gasteiger partial charge is 0.344 e. The maximum absolute atomic E-state index is 11.8. The van der Waals surface area contributed by atoms with Crippen molar-refractivity contribution in [2.45, 2.75) is 45.1 Å². The van der Waals surface area contributed by atoms with Gasteiger partial charge in [0, 0.05) is 5.56 Å². The number of esters is 1. The summed E-state index contributed by atoms with van der Waals surface area (Å²) in [6, 6.07) is 4.88. The van der Waals surface area contributed by atoms with Crippen molar-refractivity contribution in [1.82, 2.24) is 0 Å². The lowest BCUT2D eigenvalue weighted by Gasteiger charge is -2.21. The molecule has 22 heavy (non-hydrogen) atoms. The quantitative estimate of drug-likeness (QED) is 0.597. The van der Waals surface area contributed by atoms with Gasteiger partial charge in [-0.05, 0) is 50.8 Å². The minimum absolute atomic E-state index is 0.0202. The molecule has 0 aromatic heterocycles. The third-order valence-corrected chi connectivity index (χ3v) is 3.77. The van der Waals surface area contributed by atoms with Crippen molar-refractivity contribution >= 4 is 11.8 Å². The molecule has 1 saturated carbocycles. The highest BCUT2D eigenvalue weighted by Crippen LogP contribution is 2.28. The second kappa shape index (κ2) is 7.82. The number of Topliss-reactive ketones (excluding diaryl/α,β-unsaturated/α-hetero) is 1. The van der Waals surface area contributed by atoms with Crippen molar-refractivity contribution in [3.8, 4) is 11.5 Å². The average molecular weight is 306 g/mol. The number of rotatable bonds is 6. The van der Waals surface area contributed by atoms with Crippen LogP contribution in [-0.2, 0) is 9.53 Å². The summed E-state index contributed by atoms with van der Waals surface area (Å²) in [5.41, 5.74) is 0.536. The molecule has 0 atom stereocenters. The fourth-order valence-electron chi connectivity index (χ4n) is 2.55. The Labute approximate surface area is 130 Å². The van der Waals surface area contributed by atoms with E-state index in [-0.39, 0.29) is 24.5 Å². The second-order valence-corrected chi connectivity index (χ2v) is 5.46. The number of benzene rings is 1. The molecule has 0 unspecified atom stereocenters. The highest BCUT2D eigenvalue weighted by Gasteiger charge is 2.18. The van der Waals surface area contributed by atoms with E-state index in [9.17, 15) is 9.59 Å². The van der Waals surface area contributed by atoms with Gasteiger partial charge in [0.05, 0.1) is 7.11 Å². The van der Waals surface area contributed by atoms with Gasteiger partial charge in [-0.15, -0.1) is 0 Å². The van der Waals surface area contributed by atoms with Crippen molar-refractivity contribution in [3.05, 3.63) is 23.8 Å². The number of hydrogen-bond acceptors (Lipinski definition) is 5. The first-order valence-electron chi connectivity index (χ1n) is 7.61. The Hall–Kier alpha value is -2.04. The molecule has 0 amide bonds. The predicted molar refractivity (Wildman–Crippen MR) is 81.5 cm³/mol. The van der Waals surface area contributed by atoms with Gasteiger partial charge in [0.2, 0.25) is 0 Å². The van der Waals surface area contributed by atoms with E-state index in [1.807, 2.05) is 0 Å². The molecule has 1 aliphatic rings. The Balaban J connectivity index is 1.90. The van der Waals surface area contributed by atoms with Crippen molar-refractivity contribution in [2.75, 3.05) is 13.7 Å². The lowest BCUT2D eigenvalue weighted by molar-refractivity contribution is -0.152. The van der Waals surface area contributed by atoms with Crippen LogP contribution in [0, 0.1) is 0 Å². The van der Waals surface area contributed by atoms with Gasteiger partial charge in [-0.25, -0.2) is 4.79 Å². The Morgan fingerprint density at radius 3 is 2.50 bits per heavy atom. The molecule has 0 aliphatic heterocycles. The van der Waals surface area contributed by atoms with E-state index < -0.39 is 0 Å². The highest BCUT2D eigenvalue weighted by atomic mass is 16.6. The molecule has 5 heteroatoms. The van der Waals surface area contributed by atoms with Crippen LogP contribution < -0.4 is 9.47 Å². The molecule has 1 aromatic carbocycles. The molecule has 1 aliphatic carbocycles. The maximum atomic E-state index is 11.8. The number of ketones is 1. The summed E-state index contributed by atoms with van der Waals surface area (Å²) in [5.74, 6) is 0.428. The zero-order valence-electron chi connectivity index (χ0n) is 13.1. The van der Waals surface area contributed by atoms with Crippen LogP contribution in [0.5, 0.6) is 11.5 Å². The summed E-state index contributed by atoms with van der Waals surface area (Å²) >= 11 is 0. The third kappa shape index (κ3) is 4.48. The fourth-order valence-corrected chi connectivity index (χ4v) is 2.55. The molecule has 120 valence electrons. The summed E-state index contributed by atoms with van der Waals surface area (Å²) in [6.45, 7) is 1.32. The first-order valence-corrected chi connectivity index (χ1v) is 7.61. The molecular formula is C17H22O5. The molecule has 2 rings (SSSR count). The Morgan fingerprint density at radius 1 is 1.14 bits per heavy atom. The van der Waals surface area contributed by atoms with Gasteiger partial charge < -0.3 is 14.2 Å². The number of ether oxygens (including phenoxy) is 3. The van der Waals surface area contributed by atoms with E-state index >= 15 is 0 Å². The van der Waals surface area contributed by atoms with Crippen LogP contribution in [-0.4, -0.2) is 31.6 Å².